The number of aliphatic carboxylic acids is 1. The summed E-state index contributed by atoms with van der Waals surface area (Å²) in [5.41, 5.74) is 2.51. The molecule has 0 saturated heterocycles. The average molecular weight is 431 g/mol. The number of rotatable bonds is 1. The van der Waals surface area contributed by atoms with E-state index < -0.39 is 12.1 Å². The Morgan fingerprint density at radius 2 is 1.87 bits per heavy atom. The van der Waals surface area contributed by atoms with E-state index in [0.29, 0.717) is 5.95 Å². The van der Waals surface area contributed by atoms with Crippen LogP contribution in [0, 0.1) is 18.8 Å². The number of aromatic nitrogens is 5. The first-order valence-electron chi connectivity index (χ1n) is 8.22. The smallest absolute Gasteiger partial charge is 0.475 e. The molecule has 0 bridgehead atoms. The molecule has 4 heterocycles. The van der Waals surface area contributed by atoms with Crippen LogP contribution in [-0.2, 0) is 4.79 Å². The quantitative estimate of drug-likeness (QED) is 0.463. The molecule has 0 spiro atoms. The van der Waals surface area contributed by atoms with Gasteiger partial charge in [0, 0.05) is 35.6 Å². The maximum atomic E-state index is 10.6. The molecule has 0 amide bonds. The molecular formula is C19H12F3N5O2S. The van der Waals surface area contributed by atoms with Gasteiger partial charge in [0.15, 0.2) is 0 Å². The SMILES string of the molecule is Cc1nc(C#Cc2cnc(-n3ccc4ccncc43)nc2)cs1.O=C(O)C(F)(F)F. The number of pyridine rings is 1. The van der Waals surface area contributed by atoms with E-state index in [-0.39, 0.29) is 0 Å². The molecule has 0 aromatic carbocycles. The summed E-state index contributed by atoms with van der Waals surface area (Å²) in [6.07, 6.45) is 3.86. The van der Waals surface area contributed by atoms with Crippen LogP contribution >= 0.6 is 11.3 Å². The number of fused-ring (bicyclic) bond motifs is 1. The number of nitrogens with zero attached hydrogens (tertiary/aromatic N) is 5. The van der Waals surface area contributed by atoms with Gasteiger partial charge in [0.2, 0.25) is 5.95 Å². The minimum Gasteiger partial charge on any atom is -0.475 e. The second-order valence-electron chi connectivity index (χ2n) is 5.70. The standard InChI is InChI=1S/C17H11N5S.C2HF3O2/c1-12-21-15(11-23-12)3-2-13-8-19-17(20-9-13)22-7-5-14-4-6-18-10-16(14)22;3-2(4,5)1(6)7/h4-11H,1H3;(H,6,7). The highest BCUT2D eigenvalue weighted by molar-refractivity contribution is 7.09. The maximum absolute atomic E-state index is 10.6. The van der Waals surface area contributed by atoms with Crippen LogP contribution in [0.1, 0.15) is 16.3 Å². The predicted octanol–water partition coefficient (Wildman–Crippen LogP) is 3.61. The van der Waals surface area contributed by atoms with Crippen molar-refractivity contribution < 1.29 is 23.1 Å². The minimum absolute atomic E-state index is 0.600. The van der Waals surface area contributed by atoms with E-state index >= 15 is 0 Å². The van der Waals surface area contributed by atoms with E-state index in [1.54, 1.807) is 36.1 Å². The van der Waals surface area contributed by atoms with Crippen LogP contribution in [0.4, 0.5) is 13.2 Å². The van der Waals surface area contributed by atoms with Crippen molar-refractivity contribution in [2.24, 2.45) is 0 Å². The molecule has 0 unspecified atom stereocenters. The summed E-state index contributed by atoms with van der Waals surface area (Å²) in [5, 5.41) is 11.2. The van der Waals surface area contributed by atoms with E-state index in [0.717, 1.165) is 27.2 Å². The zero-order chi connectivity index (χ0) is 21.7. The molecule has 11 heteroatoms. The monoisotopic (exact) mass is 431 g/mol. The van der Waals surface area contributed by atoms with Crippen LogP contribution in [0.5, 0.6) is 0 Å². The van der Waals surface area contributed by atoms with Gasteiger partial charge in [-0.25, -0.2) is 19.7 Å². The molecule has 0 atom stereocenters. The van der Waals surface area contributed by atoms with Gasteiger partial charge in [0.25, 0.3) is 0 Å². The van der Waals surface area contributed by atoms with Crippen molar-refractivity contribution in [2.75, 3.05) is 0 Å². The molecule has 0 fully saturated rings. The summed E-state index contributed by atoms with van der Waals surface area (Å²) in [7, 11) is 0. The Morgan fingerprint density at radius 3 is 2.47 bits per heavy atom. The van der Waals surface area contributed by atoms with Gasteiger partial charge < -0.3 is 5.11 Å². The van der Waals surface area contributed by atoms with E-state index in [9.17, 15) is 13.2 Å². The topological polar surface area (TPSA) is 93.8 Å². The third kappa shape index (κ3) is 5.18. The van der Waals surface area contributed by atoms with Crippen LogP contribution in [0.25, 0.3) is 16.9 Å². The highest BCUT2D eigenvalue weighted by Gasteiger charge is 2.38. The fourth-order valence-corrected chi connectivity index (χ4v) is 2.76. The number of carboxylic acids is 1. The molecular weight excluding hydrogens is 419 g/mol. The Labute approximate surface area is 171 Å². The number of halogens is 3. The zero-order valence-electron chi connectivity index (χ0n) is 15.3. The van der Waals surface area contributed by atoms with Gasteiger partial charge in [-0.1, -0.05) is 5.92 Å². The number of hydrogen-bond acceptors (Lipinski definition) is 6. The third-order valence-electron chi connectivity index (χ3n) is 3.55. The Kier molecular flexibility index (Phi) is 6.08. The van der Waals surface area contributed by atoms with Crippen LogP contribution in [0.3, 0.4) is 0 Å². The molecule has 0 aliphatic carbocycles. The zero-order valence-corrected chi connectivity index (χ0v) is 16.1. The van der Waals surface area contributed by atoms with Gasteiger partial charge in [-0.05, 0) is 25.0 Å². The lowest BCUT2D eigenvalue weighted by Crippen LogP contribution is -2.21. The molecule has 0 aliphatic rings. The van der Waals surface area contributed by atoms with E-state index in [2.05, 4.69) is 31.8 Å². The Bertz CT molecular complexity index is 1240. The first-order valence-corrected chi connectivity index (χ1v) is 9.10. The molecule has 7 nitrogen and oxygen atoms in total. The first-order chi connectivity index (χ1) is 14.2. The van der Waals surface area contributed by atoms with Gasteiger partial charge in [0.1, 0.15) is 5.69 Å². The summed E-state index contributed by atoms with van der Waals surface area (Å²) in [5.74, 6) is 3.89. The maximum Gasteiger partial charge on any atom is 0.490 e. The lowest BCUT2D eigenvalue weighted by Gasteiger charge is -2.02. The lowest BCUT2D eigenvalue weighted by atomic mass is 10.3. The van der Waals surface area contributed by atoms with Crippen molar-refractivity contribution in [1.29, 1.82) is 0 Å². The van der Waals surface area contributed by atoms with Crippen LogP contribution < -0.4 is 0 Å². The molecule has 4 rings (SSSR count). The van der Waals surface area contributed by atoms with Crippen LogP contribution in [0.15, 0.2) is 48.5 Å². The molecule has 4 aromatic rings. The summed E-state index contributed by atoms with van der Waals surface area (Å²) in [6, 6.07) is 3.97. The van der Waals surface area contributed by atoms with E-state index in [1.165, 1.54) is 0 Å². The average Bonchev–Trinajstić information content (AvgIpc) is 3.33. The highest BCUT2D eigenvalue weighted by atomic mass is 32.1. The normalized spacial score (nSPS) is 10.7. The molecule has 0 saturated carbocycles. The van der Waals surface area contributed by atoms with Crippen LogP contribution in [-0.4, -0.2) is 41.8 Å². The van der Waals surface area contributed by atoms with Crippen molar-refractivity contribution in [2.45, 2.75) is 13.1 Å². The number of thiazole rings is 1. The number of carbonyl (C=O) groups is 1. The molecule has 0 radical (unpaired) electrons. The van der Waals surface area contributed by atoms with Crippen molar-refractivity contribution >= 4 is 28.2 Å². The summed E-state index contributed by atoms with van der Waals surface area (Å²) >= 11 is 1.59. The fourth-order valence-electron chi connectivity index (χ4n) is 2.22. The van der Waals surface area contributed by atoms with Gasteiger partial charge in [-0.3, -0.25) is 9.55 Å². The number of aryl methyl sites for hydroxylation is 1. The third-order valence-corrected chi connectivity index (χ3v) is 4.32. The van der Waals surface area contributed by atoms with E-state index in [1.807, 2.05) is 35.2 Å². The number of alkyl halides is 3. The minimum atomic E-state index is -5.08. The second-order valence-corrected chi connectivity index (χ2v) is 6.76. The van der Waals surface area contributed by atoms with Gasteiger partial charge in [-0.15, -0.1) is 11.3 Å². The van der Waals surface area contributed by atoms with Crippen molar-refractivity contribution in [3.63, 3.8) is 0 Å². The fraction of sp³-hybridized carbons (Fsp3) is 0.105. The summed E-state index contributed by atoms with van der Waals surface area (Å²) in [4.78, 5) is 26.1. The van der Waals surface area contributed by atoms with Gasteiger partial charge >= 0.3 is 12.1 Å². The number of hydrogen-bond donors (Lipinski definition) is 1. The largest absolute Gasteiger partial charge is 0.490 e. The number of carboxylic acid groups (broad SMARTS) is 1. The highest BCUT2D eigenvalue weighted by Crippen LogP contribution is 2.16. The predicted molar refractivity (Wildman–Crippen MR) is 103 cm³/mol. The second kappa shape index (κ2) is 8.71. The van der Waals surface area contributed by atoms with E-state index in [4.69, 9.17) is 9.90 Å². The molecule has 1 N–H and O–H groups in total. The first kappa shape index (κ1) is 20.9. The Hall–Kier alpha value is -3.78. The van der Waals surface area contributed by atoms with Crippen molar-refractivity contribution in [3.05, 3.63) is 64.8 Å². The van der Waals surface area contributed by atoms with Crippen LogP contribution in [0.2, 0.25) is 0 Å². The molecule has 0 aliphatic heterocycles. The van der Waals surface area contributed by atoms with Gasteiger partial charge in [0.05, 0.1) is 22.3 Å². The summed E-state index contributed by atoms with van der Waals surface area (Å²) < 4.78 is 33.6. The molecule has 30 heavy (non-hydrogen) atoms. The van der Waals surface area contributed by atoms with Crippen molar-refractivity contribution in [1.82, 2.24) is 24.5 Å². The molecule has 152 valence electrons. The summed E-state index contributed by atoms with van der Waals surface area (Å²) in [6.45, 7) is 1.96. The Morgan fingerprint density at radius 1 is 1.17 bits per heavy atom. The lowest BCUT2D eigenvalue weighted by molar-refractivity contribution is -0.192. The van der Waals surface area contributed by atoms with Crippen molar-refractivity contribution in [3.8, 4) is 17.8 Å². The van der Waals surface area contributed by atoms with Gasteiger partial charge in [-0.2, -0.15) is 13.2 Å². The molecule has 4 aromatic heterocycles. The Balaban J connectivity index is 0.000000318.